The van der Waals surface area contributed by atoms with Gasteiger partial charge < -0.3 is 10.4 Å². The van der Waals surface area contributed by atoms with Gasteiger partial charge in [-0.25, -0.2) is 9.07 Å². The minimum atomic E-state index is -0.277. The zero-order valence-electron chi connectivity index (χ0n) is 12.2. The van der Waals surface area contributed by atoms with Crippen molar-refractivity contribution < 1.29 is 9.50 Å². The van der Waals surface area contributed by atoms with Crippen molar-refractivity contribution >= 4 is 17.3 Å². The molecular formula is C17H15ClFN3O. The summed E-state index contributed by atoms with van der Waals surface area (Å²) in [6.07, 6.45) is 3.60. The average Bonchev–Trinajstić information content (AvgIpc) is 3.04. The maximum Gasteiger partial charge on any atom is 0.123 e. The van der Waals surface area contributed by atoms with Gasteiger partial charge in [0.25, 0.3) is 0 Å². The van der Waals surface area contributed by atoms with Gasteiger partial charge in [0.15, 0.2) is 0 Å². The van der Waals surface area contributed by atoms with Crippen molar-refractivity contribution in [2.75, 3.05) is 5.32 Å². The number of nitrogens with zero attached hydrogens (tertiary/aromatic N) is 2. The highest BCUT2D eigenvalue weighted by Gasteiger charge is 2.04. The van der Waals surface area contributed by atoms with Crippen LogP contribution in [0.5, 0.6) is 0 Å². The van der Waals surface area contributed by atoms with Crippen molar-refractivity contribution in [2.24, 2.45) is 0 Å². The Hall–Kier alpha value is -2.37. The Balaban J connectivity index is 1.71. The summed E-state index contributed by atoms with van der Waals surface area (Å²) in [6, 6.07) is 11.5. The van der Waals surface area contributed by atoms with Crippen molar-refractivity contribution in [3.63, 3.8) is 0 Å². The topological polar surface area (TPSA) is 50.1 Å². The van der Waals surface area contributed by atoms with Gasteiger partial charge in [-0.2, -0.15) is 5.10 Å². The Labute approximate surface area is 138 Å². The van der Waals surface area contributed by atoms with Crippen LogP contribution >= 0.6 is 11.6 Å². The van der Waals surface area contributed by atoms with Gasteiger partial charge in [0, 0.05) is 18.3 Å². The quantitative estimate of drug-likeness (QED) is 0.748. The predicted octanol–water partition coefficient (Wildman–Crippen LogP) is 3.77. The summed E-state index contributed by atoms with van der Waals surface area (Å²) in [4.78, 5) is 0. The van der Waals surface area contributed by atoms with E-state index in [0.717, 1.165) is 22.5 Å². The highest BCUT2D eigenvalue weighted by atomic mass is 35.5. The van der Waals surface area contributed by atoms with Crippen LogP contribution in [0.15, 0.2) is 54.9 Å². The first-order valence-corrected chi connectivity index (χ1v) is 7.46. The van der Waals surface area contributed by atoms with Crippen LogP contribution in [0, 0.1) is 5.82 Å². The van der Waals surface area contributed by atoms with Gasteiger partial charge in [-0.05, 0) is 42.0 Å². The third-order valence-corrected chi connectivity index (χ3v) is 3.75. The lowest BCUT2D eigenvalue weighted by atomic mass is 10.2. The molecule has 0 saturated carbocycles. The molecule has 23 heavy (non-hydrogen) atoms. The minimum Gasteiger partial charge on any atom is -0.392 e. The summed E-state index contributed by atoms with van der Waals surface area (Å²) >= 11 is 6.13. The van der Waals surface area contributed by atoms with E-state index in [1.165, 1.54) is 12.1 Å². The molecule has 6 heteroatoms. The highest BCUT2D eigenvalue weighted by Crippen LogP contribution is 2.23. The molecular weight excluding hydrogens is 317 g/mol. The molecule has 0 saturated heterocycles. The lowest BCUT2D eigenvalue weighted by Gasteiger charge is -2.08. The van der Waals surface area contributed by atoms with Gasteiger partial charge in [-0.3, -0.25) is 0 Å². The predicted molar refractivity (Wildman–Crippen MR) is 88.2 cm³/mol. The molecule has 0 aliphatic carbocycles. The average molecular weight is 332 g/mol. The minimum absolute atomic E-state index is 0.0334. The molecule has 1 aromatic heterocycles. The van der Waals surface area contributed by atoms with E-state index in [-0.39, 0.29) is 12.4 Å². The van der Waals surface area contributed by atoms with E-state index in [9.17, 15) is 9.50 Å². The number of hydrogen-bond acceptors (Lipinski definition) is 3. The van der Waals surface area contributed by atoms with Crippen LogP contribution in [-0.2, 0) is 13.2 Å². The molecule has 0 radical (unpaired) electrons. The second kappa shape index (κ2) is 6.81. The molecule has 118 valence electrons. The van der Waals surface area contributed by atoms with Gasteiger partial charge in [0.1, 0.15) is 5.82 Å². The van der Waals surface area contributed by atoms with E-state index in [1.807, 2.05) is 12.3 Å². The molecule has 0 unspecified atom stereocenters. The maximum absolute atomic E-state index is 12.9. The Morgan fingerprint density at radius 2 is 1.91 bits per heavy atom. The van der Waals surface area contributed by atoms with Crippen LogP contribution in [0.4, 0.5) is 10.1 Å². The molecule has 4 nitrogen and oxygen atoms in total. The fourth-order valence-electron chi connectivity index (χ4n) is 2.19. The Morgan fingerprint density at radius 3 is 2.65 bits per heavy atom. The largest absolute Gasteiger partial charge is 0.392 e. The van der Waals surface area contributed by atoms with Crippen LogP contribution < -0.4 is 5.32 Å². The Bertz CT molecular complexity index is 802. The Kier molecular flexibility index (Phi) is 4.60. The van der Waals surface area contributed by atoms with Crippen LogP contribution in [0.3, 0.4) is 0 Å². The molecule has 3 aromatic rings. The fraction of sp³-hybridized carbons (Fsp3) is 0.118. The van der Waals surface area contributed by atoms with E-state index in [2.05, 4.69) is 10.4 Å². The smallest absolute Gasteiger partial charge is 0.123 e. The molecule has 3 rings (SSSR count). The third-order valence-electron chi connectivity index (χ3n) is 3.42. The van der Waals surface area contributed by atoms with Gasteiger partial charge in [0.05, 0.1) is 29.2 Å². The van der Waals surface area contributed by atoms with Gasteiger partial charge in [-0.1, -0.05) is 17.7 Å². The van der Waals surface area contributed by atoms with Crippen molar-refractivity contribution in [2.45, 2.75) is 13.2 Å². The molecule has 0 aliphatic heterocycles. The van der Waals surface area contributed by atoms with Crippen LogP contribution in [0.1, 0.15) is 11.1 Å². The molecule has 2 aromatic carbocycles. The summed E-state index contributed by atoms with van der Waals surface area (Å²) in [5.41, 5.74) is 3.30. The summed E-state index contributed by atoms with van der Waals surface area (Å²) in [6.45, 7) is 0.504. The number of nitrogens with one attached hydrogen (secondary N) is 1. The normalized spacial score (nSPS) is 10.7. The first-order chi connectivity index (χ1) is 11.2. The van der Waals surface area contributed by atoms with Crippen LogP contribution in [0.25, 0.3) is 5.69 Å². The number of hydrogen-bond donors (Lipinski definition) is 2. The molecule has 0 atom stereocenters. The lowest BCUT2D eigenvalue weighted by molar-refractivity contribution is 0.282. The van der Waals surface area contributed by atoms with Crippen molar-refractivity contribution in [1.82, 2.24) is 9.78 Å². The molecule has 0 aliphatic rings. The monoisotopic (exact) mass is 331 g/mol. The molecule has 0 amide bonds. The summed E-state index contributed by atoms with van der Waals surface area (Å²) in [7, 11) is 0. The van der Waals surface area contributed by atoms with E-state index in [1.54, 1.807) is 35.1 Å². The number of halogens is 2. The first kappa shape index (κ1) is 15.5. The lowest BCUT2D eigenvalue weighted by Crippen LogP contribution is -2.00. The van der Waals surface area contributed by atoms with Gasteiger partial charge >= 0.3 is 0 Å². The van der Waals surface area contributed by atoms with Crippen molar-refractivity contribution in [3.8, 4) is 5.69 Å². The summed E-state index contributed by atoms with van der Waals surface area (Å²) in [5, 5.41) is 17.3. The SMILES string of the molecule is OCc1ccc(Cl)c(NCc2cnn(-c3ccc(F)cc3)c2)c1. The fourth-order valence-corrected chi connectivity index (χ4v) is 2.37. The van der Waals surface area contributed by atoms with Gasteiger partial charge in [-0.15, -0.1) is 0 Å². The second-order valence-electron chi connectivity index (χ2n) is 5.10. The third kappa shape index (κ3) is 3.70. The zero-order chi connectivity index (χ0) is 16.2. The number of anilines is 1. The second-order valence-corrected chi connectivity index (χ2v) is 5.50. The van der Waals surface area contributed by atoms with Crippen LogP contribution in [0.2, 0.25) is 5.02 Å². The van der Waals surface area contributed by atoms with E-state index < -0.39 is 0 Å². The van der Waals surface area contributed by atoms with Gasteiger partial charge in [0.2, 0.25) is 0 Å². The number of aromatic nitrogens is 2. The number of aliphatic hydroxyl groups excluding tert-OH is 1. The standard InChI is InChI=1S/C17H15ClFN3O/c18-16-6-1-12(11-23)7-17(16)20-8-13-9-21-22(10-13)15-4-2-14(19)3-5-15/h1-7,9-10,20,23H,8,11H2. The molecule has 1 heterocycles. The molecule has 0 fully saturated rings. The number of rotatable bonds is 5. The van der Waals surface area contributed by atoms with E-state index in [4.69, 9.17) is 11.6 Å². The van der Waals surface area contributed by atoms with Crippen LogP contribution in [-0.4, -0.2) is 14.9 Å². The molecule has 2 N–H and O–H groups in total. The van der Waals surface area contributed by atoms with Crippen molar-refractivity contribution in [1.29, 1.82) is 0 Å². The summed E-state index contributed by atoms with van der Waals surface area (Å²) < 4.78 is 14.6. The summed E-state index contributed by atoms with van der Waals surface area (Å²) in [5.74, 6) is -0.277. The highest BCUT2D eigenvalue weighted by molar-refractivity contribution is 6.33. The molecule has 0 bridgehead atoms. The van der Waals surface area contributed by atoms with E-state index in [0.29, 0.717) is 11.6 Å². The number of aliphatic hydroxyl groups is 1. The zero-order valence-corrected chi connectivity index (χ0v) is 13.0. The van der Waals surface area contributed by atoms with E-state index >= 15 is 0 Å². The Morgan fingerprint density at radius 1 is 1.13 bits per heavy atom. The molecule has 0 spiro atoms. The first-order valence-electron chi connectivity index (χ1n) is 7.08. The maximum atomic E-state index is 12.9. The van der Waals surface area contributed by atoms with Crippen molar-refractivity contribution in [3.05, 3.63) is 76.8 Å². The number of benzene rings is 2.